The summed E-state index contributed by atoms with van der Waals surface area (Å²) in [4.78, 5) is 11.9. The van der Waals surface area contributed by atoms with E-state index in [1.807, 2.05) is 12.1 Å². The van der Waals surface area contributed by atoms with Crippen LogP contribution in [-0.2, 0) is 14.8 Å². The minimum atomic E-state index is -3.91. The minimum Gasteiger partial charge on any atom is -0.480 e. The Hall–Kier alpha value is -1.90. The van der Waals surface area contributed by atoms with Crippen molar-refractivity contribution in [3.05, 3.63) is 53.0 Å². The maximum absolute atomic E-state index is 13.3. The summed E-state index contributed by atoms with van der Waals surface area (Å²) in [5, 5.41) is 9.64. The largest absolute Gasteiger partial charge is 0.480 e. The molecular weight excluding hydrogens is 458 g/mol. The van der Waals surface area contributed by atoms with Crippen LogP contribution in [0.4, 0.5) is 0 Å². The highest BCUT2D eigenvalue weighted by Gasteiger charge is 2.51. The van der Waals surface area contributed by atoms with E-state index in [-0.39, 0.29) is 16.9 Å². The first-order valence-corrected chi connectivity index (χ1v) is 11.9. The highest BCUT2D eigenvalue weighted by Crippen LogP contribution is 2.43. The highest BCUT2D eigenvalue weighted by atomic mass is 79.9. The van der Waals surface area contributed by atoms with E-state index in [0.29, 0.717) is 17.9 Å². The molecule has 0 amide bonds. The first-order chi connectivity index (χ1) is 13.9. The number of fused-ring (bicyclic) bond motifs is 1. The standard InChI is InChI=1S/C21H22BrNO5S/c22-15-5-7-16(8-6-15)28-17-9-11-18(12-10-17)29(26,27)23-19-4-2-1-3-14(19)13-20(23)21(24)25/h5-12,14,19-20H,1-4,13H2,(H,24,25). The van der Waals surface area contributed by atoms with Gasteiger partial charge in [0.1, 0.15) is 17.5 Å². The zero-order valence-electron chi connectivity index (χ0n) is 15.7. The van der Waals surface area contributed by atoms with Crippen LogP contribution in [0.2, 0.25) is 0 Å². The van der Waals surface area contributed by atoms with Gasteiger partial charge in [-0.25, -0.2) is 8.42 Å². The number of carboxylic acid groups (broad SMARTS) is 1. The second-order valence-electron chi connectivity index (χ2n) is 7.56. The molecule has 6 nitrogen and oxygen atoms in total. The SMILES string of the molecule is O=C(O)C1CC2CCCCC2N1S(=O)(=O)c1ccc(Oc2ccc(Br)cc2)cc1. The molecule has 2 aromatic rings. The second-order valence-corrected chi connectivity index (χ2v) is 10.3. The van der Waals surface area contributed by atoms with Crippen molar-refractivity contribution in [1.82, 2.24) is 4.31 Å². The van der Waals surface area contributed by atoms with Crippen molar-refractivity contribution in [1.29, 1.82) is 0 Å². The molecule has 0 aromatic heterocycles. The van der Waals surface area contributed by atoms with E-state index in [4.69, 9.17) is 4.74 Å². The third-order valence-corrected chi connectivity index (χ3v) is 8.24. The van der Waals surface area contributed by atoms with E-state index in [0.717, 1.165) is 30.2 Å². The van der Waals surface area contributed by atoms with E-state index in [1.54, 1.807) is 24.3 Å². The Kier molecular flexibility index (Phi) is 5.68. The lowest BCUT2D eigenvalue weighted by atomic mass is 9.85. The van der Waals surface area contributed by atoms with Crippen molar-refractivity contribution < 1.29 is 23.1 Å². The average Bonchev–Trinajstić information content (AvgIpc) is 3.11. The molecule has 0 radical (unpaired) electrons. The molecule has 0 spiro atoms. The van der Waals surface area contributed by atoms with E-state index in [9.17, 15) is 18.3 Å². The molecule has 1 saturated carbocycles. The quantitative estimate of drug-likeness (QED) is 0.674. The number of sulfonamides is 1. The van der Waals surface area contributed by atoms with Gasteiger partial charge in [0.05, 0.1) is 4.90 Å². The topological polar surface area (TPSA) is 83.9 Å². The van der Waals surface area contributed by atoms with Crippen LogP contribution in [0.15, 0.2) is 57.9 Å². The molecule has 2 aliphatic rings. The smallest absolute Gasteiger partial charge is 0.322 e. The lowest BCUT2D eigenvalue weighted by Crippen LogP contribution is -2.46. The Morgan fingerprint density at radius 1 is 1.00 bits per heavy atom. The van der Waals surface area contributed by atoms with Gasteiger partial charge in [-0.3, -0.25) is 4.79 Å². The molecule has 3 unspecified atom stereocenters. The van der Waals surface area contributed by atoms with Crippen LogP contribution in [0.1, 0.15) is 32.1 Å². The van der Waals surface area contributed by atoms with E-state index < -0.39 is 22.0 Å². The van der Waals surface area contributed by atoms with Gasteiger partial charge in [0.25, 0.3) is 0 Å². The van der Waals surface area contributed by atoms with Gasteiger partial charge >= 0.3 is 5.97 Å². The number of rotatable bonds is 5. The van der Waals surface area contributed by atoms with Crippen LogP contribution in [0.3, 0.4) is 0 Å². The fraction of sp³-hybridized carbons (Fsp3) is 0.381. The highest BCUT2D eigenvalue weighted by molar-refractivity contribution is 9.10. The number of halogens is 1. The summed E-state index contributed by atoms with van der Waals surface area (Å²) in [6.07, 6.45) is 3.96. The fourth-order valence-electron chi connectivity index (χ4n) is 4.42. The number of ether oxygens (including phenoxy) is 1. The zero-order valence-corrected chi connectivity index (χ0v) is 18.1. The van der Waals surface area contributed by atoms with Crippen molar-refractivity contribution in [2.75, 3.05) is 0 Å². The van der Waals surface area contributed by atoms with Crippen LogP contribution in [0.25, 0.3) is 0 Å². The summed E-state index contributed by atoms with van der Waals surface area (Å²) in [6, 6.07) is 12.3. The summed E-state index contributed by atoms with van der Waals surface area (Å²) in [7, 11) is -3.91. The Balaban J connectivity index is 1.59. The van der Waals surface area contributed by atoms with Crippen molar-refractivity contribution >= 4 is 31.9 Å². The van der Waals surface area contributed by atoms with Gasteiger partial charge in [0.15, 0.2) is 0 Å². The number of hydrogen-bond donors (Lipinski definition) is 1. The first-order valence-electron chi connectivity index (χ1n) is 9.66. The van der Waals surface area contributed by atoms with Crippen molar-refractivity contribution in [3.63, 3.8) is 0 Å². The molecule has 0 bridgehead atoms. The van der Waals surface area contributed by atoms with Gasteiger partial charge in [-0.05, 0) is 73.7 Å². The molecule has 1 aliphatic carbocycles. The fourth-order valence-corrected chi connectivity index (χ4v) is 6.55. The van der Waals surface area contributed by atoms with E-state index >= 15 is 0 Å². The van der Waals surface area contributed by atoms with Crippen LogP contribution in [0.5, 0.6) is 11.5 Å². The molecule has 3 atom stereocenters. The number of benzene rings is 2. The van der Waals surface area contributed by atoms with Crippen molar-refractivity contribution in [2.24, 2.45) is 5.92 Å². The third kappa shape index (κ3) is 4.06. The lowest BCUT2D eigenvalue weighted by molar-refractivity contribution is -0.141. The molecule has 154 valence electrons. The van der Waals surface area contributed by atoms with Gasteiger partial charge in [-0.15, -0.1) is 0 Å². The van der Waals surface area contributed by atoms with Crippen LogP contribution < -0.4 is 4.74 Å². The number of nitrogens with zero attached hydrogens (tertiary/aromatic N) is 1. The summed E-state index contributed by atoms with van der Waals surface area (Å²) in [5.74, 6) is 0.204. The summed E-state index contributed by atoms with van der Waals surface area (Å²) >= 11 is 3.36. The maximum atomic E-state index is 13.3. The average molecular weight is 480 g/mol. The van der Waals surface area contributed by atoms with Crippen LogP contribution >= 0.6 is 15.9 Å². The normalized spacial score (nSPS) is 24.8. The lowest BCUT2D eigenvalue weighted by Gasteiger charge is -2.32. The molecule has 2 aromatic carbocycles. The summed E-state index contributed by atoms with van der Waals surface area (Å²) in [6.45, 7) is 0. The number of carbonyl (C=O) groups is 1. The summed E-state index contributed by atoms with van der Waals surface area (Å²) in [5.41, 5.74) is 0. The van der Waals surface area contributed by atoms with Gasteiger partial charge < -0.3 is 9.84 Å². The zero-order chi connectivity index (χ0) is 20.6. The third-order valence-electron chi connectivity index (χ3n) is 5.76. The number of carboxylic acids is 1. The maximum Gasteiger partial charge on any atom is 0.322 e. The molecule has 1 heterocycles. The Morgan fingerprint density at radius 2 is 1.59 bits per heavy atom. The first kappa shape index (κ1) is 20.4. The Morgan fingerprint density at radius 3 is 2.21 bits per heavy atom. The van der Waals surface area contributed by atoms with Crippen molar-refractivity contribution in [2.45, 2.75) is 49.1 Å². The number of aliphatic carboxylic acids is 1. The van der Waals surface area contributed by atoms with Gasteiger partial charge in [0.2, 0.25) is 10.0 Å². The van der Waals surface area contributed by atoms with E-state index in [1.165, 1.54) is 16.4 Å². The van der Waals surface area contributed by atoms with Crippen molar-refractivity contribution in [3.8, 4) is 11.5 Å². The molecule has 29 heavy (non-hydrogen) atoms. The Bertz CT molecular complexity index is 991. The predicted molar refractivity (Wildman–Crippen MR) is 111 cm³/mol. The molecular formula is C21H22BrNO5S. The molecule has 1 aliphatic heterocycles. The molecule has 1 saturated heterocycles. The predicted octanol–water partition coefficient (Wildman–Crippen LogP) is 4.65. The Labute approximate surface area is 178 Å². The molecule has 1 N–H and O–H groups in total. The van der Waals surface area contributed by atoms with Gasteiger partial charge in [-0.2, -0.15) is 4.31 Å². The minimum absolute atomic E-state index is 0.0955. The van der Waals surface area contributed by atoms with E-state index in [2.05, 4.69) is 15.9 Å². The monoisotopic (exact) mass is 479 g/mol. The molecule has 2 fully saturated rings. The summed E-state index contributed by atoms with van der Waals surface area (Å²) < 4.78 is 34.6. The number of hydrogen-bond acceptors (Lipinski definition) is 4. The molecule has 8 heteroatoms. The molecule has 4 rings (SSSR count). The van der Waals surface area contributed by atoms with Gasteiger partial charge in [0, 0.05) is 10.5 Å². The van der Waals surface area contributed by atoms with Crippen LogP contribution in [0, 0.1) is 5.92 Å². The van der Waals surface area contributed by atoms with Gasteiger partial charge in [-0.1, -0.05) is 28.8 Å². The second kappa shape index (κ2) is 8.08. The van der Waals surface area contributed by atoms with Crippen LogP contribution in [-0.4, -0.2) is 35.9 Å².